The minimum absolute atomic E-state index is 0.0644. The minimum Gasteiger partial charge on any atom is -0.448 e. The third-order valence-corrected chi connectivity index (χ3v) is 14.7. The molecule has 2 unspecified atom stereocenters. The van der Waals surface area contributed by atoms with Crippen molar-refractivity contribution in [2.24, 2.45) is 14.1 Å². The average molecular weight is 1020 g/mol. The molecule has 0 bridgehead atoms. The van der Waals surface area contributed by atoms with E-state index in [-0.39, 0.29) is 18.1 Å². The number of ether oxygens (including phenoxy) is 1. The number of likely N-dealkylation sites (tertiary alicyclic amines) is 1. The molecule has 18 nitrogen and oxygen atoms in total. The van der Waals surface area contributed by atoms with Gasteiger partial charge in [0.15, 0.2) is 0 Å². The summed E-state index contributed by atoms with van der Waals surface area (Å²) >= 11 is 8.77. The second kappa shape index (κ2) is 20.5. The number of aryl methyl sites for hydroxylation is 2. The summed E-state index contributed by atoms with van der Waals surface area (Å²) in [5.74, 6) is 0.796. The van der Waals surface area contributed by atoms with Crippen molar-refractivity contribution >= 4 is 78.5 Å². The topological polar surface area (TPSA) is 218 Å². The molecule has 1 aliphatic carbocycles. The average Bonchev–Trinajstić information content (AvgIpc) is 4.27. The van der Waals surface area contributed by atoms with Gasteiger partial charge in [-0.15, -0.1) is 20.4 Å². The van der Waals surface area contributed by atoms with Crippen LogP contribution < -0.4 is 16.4 Å². The number of rotatable bonds is 8. The Morgan fingerprint density at radius 2 is 1.39 bits per heavy atom. The molecular weight excluding hydrogens is 968 g/mol. The lowest BCUT2D eigenvalue weighted by atomic mass is 9.98. The molecule has 2 aliphatic heterocycles. The van der Waals surface area contributed by atoms with Crippen molar-refractivity contribution in [3.63, 3.8) is 0 Å². The summed E-state index contributed by atoms with van der Waals surface area (Å²) in [6.45, 7) is 2.04. The fourth-order valence-electron chi connectivity index (χ4n) is 9.25. The van der Waals surface area contributed by atoms with Gasteiger partial charge in [-0.3, -0.25) is 24.2 Å². The molecule has 2 fully saturated rings. The fraction of sp³-hybridized carbons (Fsp3) is 0.235. The predicted octanol–water partition coefficient (Wildman–Crippen LogP) is 9.94. The van der Waals surface area contributed by atoms with Gasteiger partial charge in [-0.05, 0) is 90.9 Å². The Labute approximate surface area is 426 Å². The number of carbonyl (C=O) groups excluding carboxylic acids is 1. The van der Waals surface area contributed by atoms with E-state index < -0.39 is 0 Å². The number of hydrogen-bond donors (Lipinski definition) is 3. The smallest absolute Gasteiger partial charge is 0.410 e. The van der Waals surface area contributed by atoms with E-state index in [4.69, 9.17) is 27.1 Å². The summed E-state index contributed by atoms with van der Waals surface area (Å²) < 4.78 is 9.32. The molecule has 10 heterocycles. The first-order chi connectivity index (χ1) is 35.2. The maximum atomic E-state index is 12.8. The predicted molar refractivity (Wildman–Crippen MR) is 280 cm³/mol. The Kier molecular flexibility index (Phi) is 13.3. The van der Waals surface area contributed by atoms with Crippen LogP contribution in [0.3, 0.4) is 0 Å². The van der Waals surface area contributed by atoms with Crippen molar-refractivity contribution in [2.75, 3.05) is 30.7 Å². The molecule has 4 N–H and O–H groups in total. The van der Waals surface area contributed by atoms with E-state index in [0.717, 1.165) is 91.1 Å². The van der Waals surface area contributed by atoms with Gasteiger partial charge in [0.1, 0.15) is 27.6 Å². The number of pyridine rings is 4. The van der Waals surface area contributed by atoms with Crippen molar-refractivity contribution in [1.82, 2.24) is 70.1 Å². The van der Waals surface area contributed by atoms with Gasteiger partial charge in [0.05, 0.1) is 46.5 Å². The van der Waals surface area contributed by atoms with Crippen LogP contribution in [-0.2, 0) is 18.8 Å². The molecule has 8 aromatic heterocycles. The lowest BCUT2D eigenvalue weighted by molar-refractivity contribution is 0.0954. The Hall–Kier alpha value is -7.78. The van der Waals surface area contributed by atoms with E-state index in [1.807, 2.05) is 99.7 Å². The van der Waals surface area contributed by atoms with Crippen LogP contribution in [0.2, 0.25) is 5.15 Å². The number of amides is 1. The Bertz CT molecular complexity index is 3510. The van der Waals surface area contributed by atoms with Gasteiger partial charge >= 0.3 is 6.09 Å². The third kappa shape index (κ3) is 10.1. The summed E-state index contributed by atoms with van der Waals surface area (Å²) in [6.07, 6.45) is 15.0. The van der Waals surface area contributed by atoms with Gasteiger partial charge in [0.2, 0.25) is 10.3 Å². The lowest BCUT2D eigenvalue weighted by Gasteiger charge is -2.23. The lowest BCUT2D eigenvalue weighted by Crippen LogP contribution is -2.32. The molecule has 2 saturated heterocycles. The van der Waals surface area contributed by atoms with E-state index in [0.29, 0.717) is 29.5 Å². The molecule has 362 valence electrons. The third-order valence-electron chi connectivity index (χ3n) is 12.7. The molecular formula is C51H47ClN16O2S2. The van der Waals surface area contributed by atoms with Crippen LogP contribution in [0.15, 0.2) is 122 Å². The van der Waals surface area contributed by atoms with E-state index >= 15 is 0 Å². The van der Waals surface area contributed by atoms with Crippen LogP contribution in [-0.4, -0.2) is 90.6 Å². The summed E-state index contributed by atoms with van der Waals surface area (Å²) in [4.78, 5) is 32.4. The summed E-state index contributed by atoms with van der Waals surface area (Å²) in [6, 6.07) is 28.4. The van der Waals surface area contributed by atoms with Crippen molar-refractivity contribution < 1.29 is 9.53 Å². The van der Waals surface area contributed by atoms with E-state index in [9.17, 15) is 4.79 Å². The van der Waals surface area contributed by atoms with Crippen LogP contribution in [0.4, 0.5) is 20.9 Å². The summed E-state index contributed by atoms with van der Waals surface area (Å²) in [7, 11) is 3.78. The number of nitrogens with two attached hydrogens (primary N) is 1. The Morgan fingerprint density at radius 1 is 0.736 bits per heavy atom. The molecule has 0 radical (unpaired) electrons. The number of nitrogens with zero attached hydrogens (tertiary/aromatic N) is 13. The van der Waals surface area contributed by atoms with Gasteiger partial charge < -0.3 is 21.1 Å². The van der Waals surface area contributed by atoms with E-state index in [1.54, 1.807) is 37.9 Å². The van der Waals surface area contributed by atoms with Crippen LogP contribution >= 0.6 is 34.3 Å². The van der Waals surface area contributed by atoms with Crippen LogP contribution in [0.25, 0.3) is 55.4 Å². The fourth-order valence-corrected chi connectivity index (χ4v) is 11.0. The highest BCUT2D eigenvalue weighted by molar-refractivity contribution is 7.15. The normalized spacial score (nSPS) is 16.0. The van der Waals surface area contributed by atoms with Crippen molar-refractivity contribution in [3.05, 3.63) is 148 Å². The number of halogens is 1. The number of anilines is 3. The summed E-state index contributed by atoms with van der Waals surface area (Å²) in [5.41, 5.74) is 17.9. The number of fused-ring (bicyclic) bond motifs is 5. The number of nitrogens with one attached hydrogen (secondary N) is 2. The second-order valence-corrected chi connectivity index (χ2v) is 20.0. The quantitative estimate of drug-likeness (QED) is 0.121. The highest BCUT2D eigenvalue weighted by atomic mass is 35.5. The van der Waals surface area contributed by atoms with Crippen molar-refractivity contribution in [3.8, 4) is 33.4 Å². The largest absolute Gasteiger partial charge is 0.448 e. The molecule has 1 amide bonds. The number of aromatic nitrogens is 12. The number of hydrogen-bond acceptors (Lipinski definition) is 17. The highest BCUT2D eigenvalue weighted by Crippen LogP contribution is 2.45. The second-order valence-electron chi connectivity index (χ2n) is 17.5. The number of carbonyl (C=O) groups is 1. The molecule has 2 atom stereocenters. The zero-order valence-corrected chi connectivity index (χ0v) is 41.5. The van der Waals surface area contributed by atoms with Gasteiger partial charge in [-0.2, -0.15) is 10.2 Å². The first kappa shape index (κ1) is 46.6. The molecule has 2 aromatic carbocycles. The van der Waals surface area contributed by atoms with E-state index in [1.165, 1.54) is 40.0 Å². The standard InChI is InChI=1S/C21H20N4O2S.C18H18N8S.C12H9ClN4/c22-20-24-23-19(28-20)18-10-5-11-25(18)21(26)27-12-17-15-8-3-1-6-13(15)14-7-2-4-9-16(14)17;1-26-10-12(9-21-26)11-7-15-13(20-8-11)4-5-16(22-15)23-18-25-24-17(27-18)14-3-2-6-19-14;1-17-7-9(6-15-17)8-4-11-10(14-5-8)2-3-12(13)16-11/h1-4,6-9,17-18H,5,10-12H2,(H2,22,24);4-5,7-10,14,19H,2-3,6H2,1H3,(H,22,23,25);2-7H,1H3. The Morgan fingerprint density at radius 3 is 2.01 bits per heavy atom. The first-order valence-corrected chi connectivity index (χ1v) is 25.4. The van der Waals surface area contributed by atoms with Crippen molar-refractivity contribution in [1.29, 1.82) is 0 Å². The maximum absolute atomic E-state index is 12.8. The van der Waals surface area contributed by atoms with Gasteiger partial charge in [-0.25, -0.2) is 14.8 Å². The van der Waals surface area contributed by atoms with Crippen molar-refractivity contribution in [2.45, 2.75) is 43.7 Å². The molecule has 3 aliphatic rings. The first-order valence-electron chi connectivity index (χ1n) is 23.4. The van der Waals surface area contributed by atoms with Crippen LogP contribution in [0, 0.1) is 0 Å². The molecule has 21 heteroatoms. The molecule has 10 aromatic rings. The number of nitrogen functional groups attached to an aromatic ring is 1. The zero-order valence-electron chi connectivity index (χ0n) is 39.1. The maximum Gasteiger partial charge on any atom is 0.410 e. The number of benzene rings is 2. The van der Waals surface area contributed by atoms with Gasteiger partial charge in [-0.1, -0.05) is 82.8 Å². The SMILES string of the molecule is Cn1cc(-c2cnc3ccc(Cl)nc3c2)cn1.Cn1cc(-c2cnc3ccc(Nc4nnc(C5CCCN5)s4)nc3c2)cn1.Nc1nnc(C2CCCN2C(=O)OCC2c3ccccc3-c3ccccc32)s1. The van der Waals surface area contributed by atoms with Crippen LogP contribution in [0.5, 0.6) is 0 Å². The van der Waals surface area contributed by atoms with E-state index in [2.05, 4.69) is 80.4 Å². The Balaban J connectivity index is 0.000000120. The zero-order chi connectivity index (χ0) is 49.1. The molecule has 13 rings (SSSR count). The highest BCUT2D eigenvalue weighted by Gasteiger charge is 2.35. The van der Waals surface area contributed by atoms with Gasteiger partial charge in [0, 0.05) is 73.6 Å². The minimum atomic E-state index is -0.293. The van der Waals surface area contributed by atoms with Crippen LogP contribution in [0.1, 0.15) is 64.8 Å². The monoisotopic (exact) mass is 1010 g/mol. The summed E-state index contributed by atoms with van der Waals surface area (Å²) in [5, 5.41) is 35.1. The molecule has 0 saturated carbocycles. The molecule has 0 spiro atoms. The van der Waals surface area contributed by atoms with Gasteiger partial charge in [0.25, 0.3) is 0 Å². The molecule has 72 heavy (non-hydrogen) atoms.